The topological polar surface area (TPSA) is 36.4 Å². The predicted molar refractivity (Wildman–Crippen MR) is 74.1 cm³/mol. The first-order valence-corrected chi connectivity index (χ1v) is 6.03. The second kappa shape index (κ2) is 5.19. The van der Waals surface area contributed by atoms with Crippen LogP contribution in [0.5, 0.6) is 0 Å². The molecule has 2 aromatic rings. The van der Waals surface area contributed by atoms with Crippen LogP contribution in [-0.4, -0.2) is 17.1 Å². The molecule has 0 spiro atoms. The average molecular weight is 242 g/mol. The van der Waals surface area contributed by atoms with Gasteiger partial charge in [-0.15, -0.1) is 0 Å². The van der Waals surface area contributed by atoms with E-state index in [1.807, 2.05) is 36.2 Å². The minimum Gasteiger partial charge on any atom is -0.389 e. The molecular weight excluding hydrogens is 224 g/mol. The van der Waals surface area contributed by atoms with Crippen LogP contribution >= 0.6 is 0 Å². The molecule has 18 heavy (non-hydrogen) atoms. The molecule has 0 amide bonds. The Morgan fingerprint density at radius 3 is 2.61 bits per heavy atom. The van der Waals surface area contributed by atoms with Gasteiger partial charge in [-0.3, -0.25) is 0 Å². The first-order valence-electron chi connectivity index (χ1n) is 6.03. The van der Waals surface area contributed by atoms with E-state index in [1.54, 1.807) is 13.1 Å². The fourth-order valence-electron chi connectivity index (χ4n) is 1.94. The van der Waals surface area contributed by atoms with Crippen LogP contribution in [0, 0.1) is 6.92 Å². The zero-order valence-corrected chi connectivity index (χ0v) is 11.0. The second-order valence-electron chi connectivity index (χ2n) is 4.47. The Kier molecular flexibility index (Phi) is 3.63. The van der Waals surface area contributed by atoms with Gasteiger partial charge in [-0.05, 0) is 43.2 Å². The number of pyridine rings is 1. The van der Waals surface area contributed by atoms with Gasteiger partial charge in [0.05, 0.1) is 6.10 Å². The van der Waals surface area contributed by atoms with Crippen LogP contribution in [0.1, 0.15) is 24.2 Å². The average Bonchev–Trinajstić information content (AvgIpc) is 2.38. The molecule has 94 valence electrons. The fraction of sp³-hybridized carbons (Fsp3) is 0.267. The van der Waals surface area contributed by atoms with Crippen molar-refractivity contribution in [1.29, 1.82) is 0 Å². The van der Waals surface area contributed by atoms with Crippen LogP contribution in [0.3, 0.4) is 0 Å². The number of hydrogen-bond acceptors (Lipinski definition) is 3. The maximum atomic E-state index is 9.61. The van der Waals surface area contributed by atoms with Crippen molar-refractivity contribution >= 4 is 11.5 Å². The van der Waals surface area contributed by atoms with Crippen LogP contribution in [0.15, 0.2) is 42.6 Å². The van der Waals surface area contributed by atoms with Crippen LogP contribution in [0.4, 0.5) is 11.5 Å². The highest BCUT2D eigenvalue weighted by Crippen LogP contribution is 2.26. The van der Waals surface area contributed by atoms with Crippen molar-refractivity contribution in [2.24, 2.45) is 0 Å². The highest BCUT2D eigenvalue weighted by Gasteiger charge is 2.09. The van der Waals surface area contributed by atoms with Crippen LogP contribution in [-0.2, 0) is 0 Å². The van der Waals surface area contributed by atoms with Gasteiger partial charge in [-0.25, -0.2) is 4.98 Å². The van der Waals surface area contributed by atoms with E-state index >= 15 is 0 Å². The number of para-hydroxylation sites is 1. The molecule has 3 heteroatoms. The van der Waals surface area contributed by atoms with Gasteiger partial charge in [-0.2, -0.15) is 0 Å². The Labute approximate surface area is 108 Å². The van der Waals surface area contributed by atoms with Crippen LogP contribution in [0.2, 0.25) is 0 Å². The van der Waals surface area contributed by atoms with Gasteiger partial charge in [0, 0.05) is 18.9 Å². The summed E-state index contributed by atoms with van der Waals surface area (Å²) in [5, 5.41) is 9.61. The van der Waals surface area contributed by atoms with E-state index in [0.29, 0.717) is 0 Å². The maximum Gasteiger partial charge on any atom is 0.133 e. The second-order valence-corrected chi connectivity index (χ2v) is 4.47. The number of rotatable bonds is 3. The molecule has 1 aromatic carbocycles. The number of nitrogens with zero attached hydrogens (tertiary/aromatic N) is 2. The Hall–Kier alpha value is -1.87. The predicted octanol–water partition coefficient (Wildman–Crippen LogP) is 3.21. The molecular formula is C15H18N2O. The van der Waals surface area contributed by atoms with E-state index in [-0.39, 0.29) is 0 Å². The molecule has 2 rings (SSSR count). The summed E-state index contributed by atoms with van der Waals surface area (Å²) in [5.74, 6) is 0.836. The van der Waals surface area contributed by atoms with Crippen molar-refractivity contribution < 1.29 is 5.11 Å². The summed E-state index contributed by atoms with van der Waals surface area (Å²) in [6, 6.07) is 11.9. The standard InChI is InChI=1S/C15H18N2O/c1-11-6-4-5-7-14(11)17(3)15-10-13(12(2)18)8-9-16-15/h4-10,12,18H,1-3H3/t12-/m1/s1. The number of aryl methyl sites for hydroxylation is 1. The molecule has 0 bridgehead atoms. The number of aromatic nitrogens is 1. The molecule has 0 fully saturated rings. The van der Waals surface area contributed by atoms with Gasteiger partial charge in [0.15, 0.2) is 0 Å². The van der Waals surface area contributed by atoms with Gasteiger partial charge in [-0.1, -0.05) is 18.2 Å². The third-order valence-electron chi connectivity index (χ3n) is 3.07. The van der Waals surface area contributed by atoms with Crippen molar-refractivity contribution in [2.75, 3.05) is 11.9 Å². The van der Waals surface area contributed by atoms with Gasteiger partial charge in [0.2, 0.25) is 0 Å². The quantitative estimate of drug-likeness (QED) is 0.897. The lowest BCUT2D eigenvalue weighted by molar-refractivity contribution is 0.199. The van der Waals surface area contributed by atoms with Crippen molar-refractivity contribution in [3.05, 3.63) is 53.7 Å². The highest BCUT2D eigenvalue weighted by molar-refractivity contribution is 5.63. The van der Waals surface area contributed by atoms with Crippen LogP contribution in [0.25, 0.3) is 0 Å². The lowest BCUT2D eigenvalue weighted by atomic mass is 10.1. The number of anilines is 2. The summed E-state index contributed by atoms with van der Waals surface area (Å²) in [4.78, 5) is 6.38. The Morgan fingerprint density at radius 1 is 1.22 bits per heavy atom. The Morgan fingerprint density at radius 2 is 1.94 bits per heavy atom. The Bertz CT molecular complexity index is 538. The van der Waals surface area contributed by atoms with Crippen LogP contribution < -0.4 is 4.90 Å². The van der Waals surface area contributed by atoms with E-state index in [0.717, 1.165) is 17.1 Å². The van der Waals surface area contributed by atoms with Gasteiger partial charge >= 0.3 is 0 Å². The monoisotopic (exact) mass is 242 g/mol. The lowest BCUT2D eigenvalue weighted by Gasteiger charge is -2.21. The minimum absolute atomic E-state index is 0.475. The number of benzene rings is 1. The smallest absolute Gasteiger partial charge is 0.133 e. The van der Waals surface area contributed by atoms with Gasteiger partial charge in [0.1, 0.15) is 5.82 Å². The summed E-state index contributed by atoms with van der Waals surface area (Å²) >= 11 is 0. The molecule has 0 aliphatic heterocycles. The molecule has 0 aliphatic carbocycles. The van der Waals surface area contributed by atoms with Gasteiger partial charge < -0.3 is 10.0 Å². The third kappa shape index (κ3) is 2.51. The molecule has 0 saturated carbocycles. The summed E-state index contributed by atoms with van der Waals surface area (Å²) in [6.45, 7) is 3.83. The lowest BCUT2D eigenvalue weighted by Crippen LogP contribution is -2.12. The highest BCUT2D eigenvalue weighted by atomic mass is 16.3. The molecule has 3 nitrogen and oxygen atoms in total. The third-order valence-corrected chi connectivity index (χ3v) is 3.07. The molecule has 1 heterocycles. The zero-order valence-electron chi connectivity index (χ0n) is 11.0. The van der Waals surface area contributed by atoms with E-state index < -0.39 is 6.10 Å². The normalized spacial score (nSPS) is 12.2. The van der Waals surface area contributed by atoms with Crippen molar-refractivity contribution in [1.82, 2.24) is 4.98 Å². The molecule has 0 radical (unpaired) electrons. The van der Waals surface area contributed by atoms with E-state index in [1.165, 1.54) is 5.56 Å². The number of hydrogen-bond donors (Lipinski definition) is 1. The SMILES string of the molecule is Cc1ccccc1N(C)c1cc([C@@H](C)O)ccn1. The maximum absolute atomic E-state index is 9.61. The fourth-order valence-corrected chi connectivity index (χ4v) is 1.94. The molecule has 0 aliphatic rings. The molecule has 1 N–H and O–H groups in total. The van der Waals surface area contributed by atoms with E-state index in [2.05, 4.69) is 24.0 Å². The summed E-state index contributed by atoms with van der Waals surface area (Å²) < 4.78 is 0. The van der Waals surface area contributed by atoms with Gasteiger partial charge in [0.25, 0.3) is 0 Å². The first-order chi connectivity index (χ1) is 8.59. The minimum atomic E-state index is -0.475. The number of aliphatic hydroxyl groups is 1. The molecule has 0 saturated heterocycles. The largest absolute Gasteiger partial charge is 0.389 e. The van der Waals surface area contributed by atoms with Crippen molar-refractivity contribution in [2.45, 2.75) is 20.0 Å². The van der Waals surface area contributed by atoms with E-state index in [4.69, 9.17) is 0 Å². The zero-order chi connectivity index (χ0) is 13.1. The van der Waals surface area contributed by atoms with E-state index in [9.17, 15) is 5.11 Å². The van der Waals surface area contributed by atoms with Crippen molar-refractivity contribution in [3.8, 4) is 0 Å². The van der Waals surface area contributed by atoms with Crippen molar-refractivity contribution in [3.63, 3.8) is 0 Å². The Balaban J connectivity index is 2.37. The summed E-state index contributed by atoms with van der Waals surface area (Å²) in [5.41, 5.74) is 3.19. The summed E-state index contributed by atoms with van der Waals surface area (Å²) in [6.07, 6.45) is 1.25. The molecule has 1 aromatic heterocycles. The molecule has 0 unspecified atom stereocenters. The summed E-state index contributed by atoms with van der Waals surface area (Å²) in [7, 11) is 1.98. The first kappa shape index (κ1) is 12.6. The number of aliphatic hydroxyl groups excluding tert-OH is 1. The molecule has 1 atom stereocenters.